The van der Waals surface area contributed by atoms with Gasteiger partial charge in [0.1, 0.15) is 18.0 Å². The third kappa shape index (κ3) is 5.80. The zero-order valence-corrected chi connectivity index (χ0v) is 17.7. The number of benzene rings is 1. The van der Waals surface area contributed by atoms with Gasteiger partial charge in [-0.2, -0.15) is 5.26 Å². The lowest BCUT2D eigenvalue weighted by Gasteiger charge is -2.25. The minimum atomic E-state index is -0.134. The predicted molar refractivity (Wildman–Crippen MR) is 119 cm³/mol. The van der Waals surface area contributed by atoms with Crippen molar-refractivity contribution in [3.63, 3.8) is 0 Å². The highest BCUT2D eigenvalue weighted by atomic mass is 16.5. The van der Waals surface area contributed by atoms with Gasteiger partial charge in [-0.25, -0.2) is 9.97 Å². The largest absolute Gasteiger partial charge is 0.472 e. The Balaban J connectivity index is 1.66. The van der Waals surface area contributed by atoms with Crippen molar-refractivity contribution in [2.75, 3.05) is 31.6 Å². The quantitative estimate of drug-likeness (QED) is 0.532. The van der Waals surface area contributed by atoms with Gasteiger partial charge < -0.3 is 14.5 Å². The van der Waals surface area contributed by atoms with Crippen LogP contribution in [-0.4, -0.2) is 47.5 Å². The standard InChI is InChI=1S/C24H25N5O2/c1-3-29(15-14-28(2)22-16-20(17-25)11-13-26-22)24(30)21-10-7-12-27-23(21)31-18-19-8-5-4-6-9-19/h4-13,16H,3,14-15,18H2,1-2H3. The Bertz CT molecular complexity index is 1050. The summed E-state index contributed by atoms with van der Waals surface area (Å²) in [5.74, 6) is 0.883. The van der Waals surface area contributed by atoms with Crippen molar-refractivity contribution in [3.8, 4) is 11.9 Å². The predicted octanol–water partition coefficient (Wildman–Crippen LogP) is 3.53. The molecule has 0 saturated carbocycles. The Hall–Kier alpha value is -3.92. The van der Waals surface area contributed by atoms with Crippen LogP contribution in [0, 0.1) is 11.3 Å². The first-order chi connectivity index (χ1) is 15.1. The van der Waals surface area contributed by atoms with Gasteiger partial charge in [-0.3, -0.25) is 4.79 Å². The summed E-state index contributed by atoms with van der Waals surface area (Å²) >= 11 is 0. The Labute approximate surface area is 182 Å². The minimum Gasteiger partial charge on any atom is -0.472 e. The smallest absolute Gasteiger partial charge is 0.259 e. The second-order valence-corrected chi connectivity index (χ2v) is 6.95. The third-order valence-corrected chi connectivity index (χ3v) is 4.86. The Morgan fingerprint density at radius 1 is 1.06 bits per heavy atom. The van der Waals surface area contributed by atoms with Gasteiger partial charge in [-0.05, 0) is 36.8 Å². The molecule has 0 aliphatic heterocycles. The molecule has 1 aromatic carbocycles. The molecule has 7 heteroatoms. The van der Waals surface area contributed by atoms with Gasteiger partial charge in [0, 0.05) is 39.1 Å². The summed E-state index contributed by atoms with van der Waals surface area (Å²) in [5.41, 5.74) is 2.00. The van der Waals surface area contributed by atoms with Crippen molar-refractivity contribution < 1.29 is 9.53 Å². The van der Waals surface area contributed by atoms with Crippen molar-refractivity contribution in [2.45, 2.75) is 13.5 Å². The lowest BCUT2D eigenvalue weighted by atomic mass is 10.2. The lowest BCUT2D eigenvalue weighted by Crippen LogP contribution is -2.38. The molecular weight excluding hydrogens is 390 g/mol. The number of hydrogen-bond donors (Lipinski definition) is 0. The van der Waals surface area contributed by atoms with Gasteiger partial charge in [-0.15, -0.1) is 0 Å². The fourth-order valence-corrected chi connectivity index (χ4v) is 3.05. The van der Waals surface area contributed by atoms with E-state index in [0.717, 1.165) is 5.56 Å². The van der Waals surface area contributed by atoms with Gasteiger partial charge in [0.2, 0.25) is 5.88 Å². The molecule has 0 aliphatic carbocycles. The zero-order chi connectivity index (χ0) is 22.1. The molecule has 2 heterocycles. The van der Waals surface area contributed by atoms with E-state index in [1.54, 1.807) is 41.6 Å². The van der Waals surface area contributed by atoms with E-state index >= 15 is 0 Å². The molecule has 7 nitrogen and oxygen atoms in total. The maximum absolute atomic E-state index is 13.2. The maximum atomic E-state index is 13.2. The number of nitrogens with zero attached hydrogens (tertiary/aromatic N) is 5. The molecular formula is C24H25N5O2. The number of nitriles is 1. The number of amides is 1. The van der Waals surface area contributed by atoms with E-state index < -0.39 is 0 Å². The molecule has 0 N–H and O–H groups in total. The van der Waals surface area contributed by atoms with Gasteiger partial charge >= 0.3 is 0 Å². The second-order valence-electron chi connectivity index (χ2n) is 6.95. The van der Waals surface area contributed by atoms with Crippen LogP contribution in [0.1, 0.15) is 28.4 Å². The van der Waals surface area contributed by atoms with E-state index in [9.17, 15) is 4.79 Å². The van der Waals surface area contributed by atoms with E-state index in [4.69, 9.17) is 10.00 Å². The third-order valence-electron chi connectivity index (χ3n) is 4.86. The molecule has 3 aromatic rings. The first-order valence-electron chi connectivity index (χ1n) is 10.1. The van der Waals surface area contributed by atoms with Crippen molar-refractivity contribution in [3.05, 3.63) is 83.7 Å². The van der Waals surface area contributed by atoms with Crippen LogP contribution in [0.4, 0.5) is 5.82 Å². The van der Waals surface area contributed by atoms with Crippen molar-refractivity contribution in [2.24, 2.45) is 0 Å². The highest BCUT2D eigenvalue weighted by Gasteiger charge is 2.20. The average Bonchev–Trinajstić information content (AvgIpc) is 2.83. The van der Waals surface area contributed by atoms with Crippen LogP contribution in [0.5, 0.6) is 5.88 Å². The highest BCUT2D eigenvalue weighted by Crippen LogP contribution is 2.19. The number of anilines is 1. The van der Waals surface area contributed by atoms with Crippen LogP contribution in [-0.2, 0) is 6.61 Å². The van der Waals surface area contributed by atoms with Crippen molar-refractivity contribution >= 4 is 11.7 Å². The van der Waals surface area contributed by atoms with Gasteiger partial charge in [0.05, 0.1) is 11.6 Å². The molecule has 0 spiro atoms. The molecule has 31 heavy (non-hydrogen) atoms. The summed E-state index contributed by atoms with van der Waals surface area (Å²) in [6.45, 7) is 3.89. The Morgan fingerprint density at radius 3 is 2.61 bits per heavy atom. The van der Waals surface area contributed by atoms with Gasteiger partial charge in [-0.1, -0.05) is 30.3 Å². The number of carbonyl (C=O) groups is 1. The van der Waals surface area contributed by atoms with Gasteiger partial charge in [0.25, 0.3) is 5.91 Å². The summed E-state index contributed by atoms with van der Waals surface area (Å²) < 4.78 is 5.85. The molecule has 3 rings (SSSR count). The van der Waals surface area contributed by atoms with Crippen LogP contribution in [0.25, 0.3) is 0 Å². The number of aromatic nitrogens is 2. The van der Waals surface area contributed by atoms with Crippen LogP contribution in [0.2, 0.25) is 0 Å². The monoisotopic (exact) mass is 415 g/mol. The zero-order valence-electron chi connectivity index (χ0n) is 17.7. The SMILES string of the molecule is CCN(CCN(C)c1cc(C#N)ccn1)C(=O)c1cccnc1OCc1ccccc1. The number of carbonyl (C=O) groups excluding carboxylic acids is 1. The molecule has 0 bridgehead atoms. The van der Waals surface area contributed by atoms with Crippen LogP contribution >= 0.6 is 0 Å². The molecule has 0 unspecified atom stereocenters. The van der Waals surface area contributed by atoms with E-state index in [1.165, 1.54) is 0 Å². The number of likely N-dealkylation sites (N-methyl/N-ethyl adjacent to an activating group) is 2. The molecule has 0 fully saturated rings. The summed E-state index contributed by atoms with van der Waals surface area (Å²) in [5, 5.41) is 9.07. The van der Waals surface area contributed by atoms with Gasteiger partial charge in [0.15, 0.2) is 0 Å². The van der Waals surface area contributed by atoms with Crippen LogP contribution in [0.15, 0.2) is 67.0 Å². The van der Waals surface area contributed by atoms with Crippen molar-refractivity contribution in [1.29, 1.82) is 5.26 Å². The molecule has 0 aliphatic rings. The fourth-order valence-electron chi connectivity index (χ4n) is 3.05. The first-order valence-corrected chi connectivity index (χ1v) is 10.1. The molecule has 2 aromatic heterocycles. The highest BCUT2D eigenvalue weighted by molar-refractivity contribution is 5.96. The topological polar surface area (TPSA) is 82.4 Å². The fraction of sp³-hybridized carbons (Fsp3) is 0.250. The molecule has 0 saturated heterocycles. The summed E-state index contributed by atoms with van der Waals surface area (Å²) in [7, 11) is 1.89. The number of rotatable bonds is 9. The van der Waals surface area contributed by atoms with E-state index in [2.05, 4.69) is 16.0 Å². The number of hydrogen-bond acceptors (Lipinski definition) is 6. The Morgan fingerprint density at radius 2 is 1.87 bits per heavy atom. The van der Waals surface area contributed by atoms with Crippen LogP contribution in [0.3, 0.4) is 0 Å². The lowest BCUT2D eigenvalue weighted by molar-refractivity contribution is 0.0762. The molecule has 158 valence electrons. The summed E-state index contributed by atoms with van der Waals surface area (Å²) in [6, 6.07) is 18.8. The van der Waals surface area contributed by atoms with Crippen LogP contribution < -0.4 is 9.64 Å². The summed E-state index contributed by atoms with van der Waals surface area (Å²) in [6.07, 6.45) is 3.23. The number of ether oxygens (including phenoxy) is 1. The second kappa shape index (κ2) is 10.7. The van der Waals surface area contributed by atoms with Crippen molar-refractivity contribution in [1.82, 2.24) is 14.9 Å². The normalized spacial score (nSPS) is 10.2. The summed E-state index contributed by atoms with van der Waals surface area (Å²) in [4.78, 5) is 25.4. The van der Waals surface area contributed by atoms with E-state index in [1.807, 2.05) is 49.2 Å². The molecule has 1 amide bonds. The number of pyridine rings is 2. The Kier molecular flexibility index (Phi) is 7.55. The maximum Gasteiger partial charge on any atom is 0.259 e. The molecule has 0 atom stereocenters. The van der Waals surface area contributed by atoms with E-state index in [0.29, 0.717) is 49.1 Å². The average molecular weight is 415 g/mol. The molecule has 0 radical (unpaired) electrons. The minimum absolute atomic E-state index is 0.134. The van der Waals surface area contributed by atoms with E-state index in [-0.39, 0.29) is 5.91 Å². The first kappa shape index (κ1) is 21.8.